The highest BCUT2D eigenvalue weighted by Crippen LogP contribution is 1.56. The van der Waals surface area contributed by atoms with Gasteiger partial charge in [0.05, 0.1) is 1.37 Å². The number of carbonyl (C=O) groups excluding carboxylic acids is 1. The van der Waals surface area contributed by atoms with Gasteiger partial charge >= 0.3 is 0 Å². The Hall–Kier alpha value is -0.590. The van der Waals surface area contributed by atoms with Crippen molar-refractivity contribution in [2.75, 3.05) is 0 Å². The maximum atomic E-state index is 8.81. The van der Waals surface area contributed by atoms with Crippen LogP contribution in [0.5, 0.6) is 0 Å². The Morgan fingerprint density at radius 2 is 2.10 bits per heavy atom. The number of rotatable bonds is 0. The molecule has 0 radical (unpaired) electrons. The standard InChI is InChI=1S/C3H8.C3H6.C2H4O.CH4.H2/c2*1-3-2;1-2-3;;/h3H2,1-2H3;3H,1H2,2H3;2H,1H3;1H4;1H/i2*1D;;1D;. The lowest BCUT2D eigenvalue weighted by Gasteiger charge is -1.48. The maximum absolute atomic E-state index is 8.81. The number of carbonyl (C=O) groups is 1. The van der Waals surface area contributed by atoms with Crippen LogP contribution in [0, 0.1) is 0 Å². The summed E-state index contributed by atoms with van der Waals surface area (Å²) in [5.41, 5.74) is 0. The lowest BCUT2D eigenvalue weighted by molar-refractivity contribution is -0.106. The summed E-state index contributed by atoms with van der Waals surface area (Å²) in [6.07, 6.45) is 3.40. The van der Waals surface area contributed by atoms with Gasteiger partial charge in [-0.1, -0.05) is 33.7 Å². The third-order valence-corrected chi connectivity index (χ3v) is 0. The molecule has 66 valence electrons. The van der Waals surface area contributed by atoms with Gasteiger partial charge < -0.3 is 4.79 Å². The van der Waals surface area contributed by atoms with Gasteiger partial charge in [-0.2, -0.15) is 0 Å². The highest BCUT2D eigenvalue weighted by atomic mass is 16.1. The van der Waals surface area contributed by atoms with E-state index >= 15 is 0 Å². The minimum absolute atomic E-state index is 0. The molecule has 0 aromatic carbocycles. The van der Waals surface area contributed by atoms with E-state index in [1.807, 2.05) is 13.8 Å². The largest absolute Gasteiger partial charge is 0.304 e. The molecule has 0 spiro atoms. The second-order valence-corrected chi connectivity index (χ2v) is 1.07. The number of allylic oxidation sites excluding steroid dienone is 1. The maximum Gasteiger partial charge on any atom is 0.116 e. The van der Waals surface area contributed by atoms with Crippen LogP contribution in [0.1, 0.15) is 47.0 Å². The second-order valence-electron chi connectivity index (χ2n) is 1.07. The Labute approximate surface area is 71.8 Å². The van der Waals surface area contributed by atoms with Crippen molar-refractivity contribution in [2.24, 2.45) is 0 Å². The normalized spacial score (nSPS) is 9.00. The molecule has 0 atom stereocenters. The lowest BCUT2D eigenvalue weighted by atomic mass is 10.6. The number of hydrogen-bond donors (Lipinski definition) is 0. The van der Waals surface area contributed by atoms with Crippen LogP contribution in [0.2, 0.25) is 0 Å². The molecule has 0 aromatic rings. The van der Waals surface area contributed by atoms with E-state index in [-0.39, 0.29) is 1.43 Å². The van der Waals surface area contributed by atoms with Crippen molar-refractivity contribution in [1.82, 2.24) is 0 Å². The minimum atomic E-state index is 0. The molecule has 1 nitrogen and oxygen atoms in total. The van der Waals surface area contributed by atoms with Gasteiger partial charge in [-0.15, -0.1) is 6.55 Å². The van der Waals surface area contributed by atoms with Gasteiger partial charge in [-0.05, 0) is 13.8 Å². The summed E-state index contributed by atoms with van der Waals surface area (Å²) in [5, 5.41) is 0. The van der Waals surface area contributed by atoms with Gasteiger partial charge in [-0.25, -0.2) is 0 Å². The Kier molecular flexibility index (Phi) is 74.8. The van der Waals surface area contributed by atoms with Gasteiger partial charge in [0.2, 0.25) is 0 Å². The Balaban J connectivity index is -0.0000000260. The molecule has 0 aromatic heterocycles. The fourth-order valence-electron chi connectivity index (χ4n) is 0. The van der Waals surface area contributed by atoms with Crippen molar-refractivity contribution in [3.8, 4) is 0 Å². The highest BCUT2D eigenvalue weighted by molar-refractivity contribution is 5.44. The van der Waals surface area contributed by atoms with E-state index in [1.165, 1.54) is 20.9 Å². The summed E-state index contributed by atoms with van der Waals surface area (Å²) < 4.78 is 18.5. The zero-order chi connectivity index (χ0) is 11.5. The molecule has 0 aliphatic heterocycles. The molecule has 0 saturated carbocycles. The van der Waals surface area contributed by atoms with Gasteiger partial charge in [0.25, 0.3) is 0 Å². The van der Waals surface area contributed by atoms with Gasteiger partial charge in [0.15, 0.2) is 0 Å². The van der Waals surface area contributed by atoms with Crippen LogP contribution in [0.3, 0.4) is 0 Å². The van der Waals surface area contributed by atoms with E-state index in [4.69, 9.17) is 8.91 Å². The first-order valence-corrected chi connectivity index (χ1v) is 2.93. The molecule has 0 amide bonds. The molecule has 0 fully saturated rings. The van der Waals surface area contributed by atoms with Crippen molar-refractivity contribution in [3.05, 3.63) is 12.6 Å². The Bertz CT molecular complexity index is 71.2. The number of aldehydes is 1. The van der Waals surface area contributed by atoms with Crippen LogP contribution < -0.4 is 0 Å². The predicted molar refractivity (Wildman–Crippen MR) is 52.4 cm³/mol. The Morgan fingerprint density at radius 1 is 1.90 bits per heavy atom. The van der Waals surface area contributed by atoms with Gasteiger partial charge in [-0.3, -0.25) is 0 Å². The third kappa shape index (κ3) is 875. The Morgan fingerprint density at radius 3 is 2.10 bits per heavy atom. The van der Waals surface area contributed by atoms with Crippen molar-refractivity contribution >= 4 is 6.29 Å². The quantitative estimate of drug-likeness (QED) is 0.381. The smallest absolute Gasteiger partial charge is 0.116 e. The lowest BCUT2D eigenvalue weighted by Crippen LogP contribution is -1.36. The summed E-state index contributed by atoms with van der Waals surface area (Å²) in [4.78, 5) is 8.81. The average molecular weight is 151 g/mol. The van der Waals surface area contributed by atoms with Crippen LogP contribution in [0.15, 0.2) is 12.6 Å². The molecular formula is C9H24O. The zero-order valence-corrected chi connectivity index (χ0v) is 7.55. The summed E-state index contributed by atoms with van der Waals surface area (Å²) in [6, 6.07) is 0. The molecule has 0 unspecified atom stereocenters. The van der Waals surface area contributed by atoms with Gasteiger partial charge in [0.1, 0.15) is 6.29 Å². The first-order valence-electron chi connectivity index (χ1n) is 5.22. The highest BCUT2D eigenvalue weighted by Gasteiger charge is 1.35. The topological polar surface area (TPSA) is 17.1 Å². The zero-order valence-electron chi connectivity index (χ0n) is 10.6. The molecule has 0 heterocycles. The molecule has 10 heavy (non-hydrogen) atoms. The van der Waals surface area contributed by atoms with E-state index < -0.39 is 0 Å². The average Bonchev–Trinajstić information content (AvgIpc) is 2.22. The molecular weight excluding hydrogens is 124 g/mol. The first-order chi connectivity index (χ1) is 6.24. The van der Waals surface area contributed by atoms with Gasteiger partial charge in [0, 0.05) is 4.17 Å². The van der Waals surface area contributed by atoms with E-state index in [1.54, 1.807) is 6.08 Å². The second kappa shape index (κ2) is 79.5. The third-order valence-electron chi connectivity index (χ3n) is 0. The van der Waals surface area contributed by atoms with E-state index in [9.17, 15) is 0 Å². The van der Waals surface area contributed by atoms with Crippen molar-refractivity contribution in [2.45, 2.75) is 41.5 Å². The van der Waals surface area contributed by atoms with Crippen molar-refractivity contribution in [1.29, 1.82) is 0 Å². The van der Waals surface area contributed by atoms with E-state index in [2.05, 4.69) is 0 Å². The fourth-order valence-corrected chi connectivity index (χ4v) is 0. The summed E-state index contributed by atoms with van der Waals surface area (Å²) in [5.74, 6) is 0. The van der Waals surface area contributed by atoms with E-state index in [0.29, 0.717) is 6.90 Å². The molecule has 0 N–H and O–H groups in total. The van der Waals surface area contributed by atoms with Crippen molar-refractivity contribution < 1.29 is 10.3 Å². The van der Waals surface area contributed by atoms with Crippen LogP contribution >= 0.6 is 0 Å². The molecule has 0 bridgehead atoms. The molecule has 0 aliphatic rings. The number of hydrogen-bond acceptors (Lipinski definition) is 1. The van der Waals surface area contributed by atoms with Crippen LogP contribution in [-0.2, 0) is 4.79 Å². The minimum Gasteiger partial charge on any atom is -0.304 e. The van der Waals surface area contributed by atoms with E-state index in [0.717, 1.165) is 12.7 Å². The summed E-state index contributed by atoms with van der Waals surface area (Å²) in [6.45, 7) is 7.07. The van der Waals surface area contributed by atoms with Crippen LogP contribution in [-0.4, -0.2) is 6.29 Å². The molecule has 0 aliphatic carbocycles. The monoisotopic (exact) mass is 151 g/mol. The molecule has 0 saturated heterocycles. The van der Waals surface area contributed by atoms with Crippen molar-refractivity contribution in [3.63, 3.8) is 0 Å². The van der Waals surface area contributed by atoms with Crippen LogP contribution in [0.25, 0.3) is 0 Å². The SMILES string of the molecule is CC=O.[2H]C.[2H]C=CC.[2H]CCC.[HH]. The fraction of sp³-hybridized carbons (Fsp3) is 0.667. The first kappa shape index (κ1) is 9.41. The summed E-state index contributed by atoms with van der Waals surface area (Å²) >= 11 is 0. The van der Waals surface area contributed by atoms with Crippen LogP contribution in [0.4, 0.5) is 0 Å². The summed E-state index contributed by atoms with van der Waals surface area (Å²) in [7, 11) is 1.25. The predicted octanol–water partition coefficient (Wildman–Crippen LogP) is 3.70. The molecule has 1 heteroatoms. The molecule has 0 rings (SSSR count).